The van der Waals surface area contributed by atoms with Crippen molar-refractivity contribution in [3.05, 3.63) is 84.6 Å². The first kappa shape index (κ1) is 16.9. The van der Waals surface area contributed by atoms with Gasteiger partial charge in [-0.3, -0.25) is 9.78 Å². The molecule has 0 aliphatic rings. The first-order valence-electron chi connectivity index (χ1n) is 8.56. The molecule has 134 valence electrons. The zero-order chi connectivity index (χ0) is 18.6. The molecule has 27 heavy (non-hydrogen) atoms. The van der Waals surface area contributed by atoms with Gasteiger partial charge in [-0.25, -0.2) is 9.37 Å². The minimum Gasteiger partial charge on any atom is -0.350 e. The van der Waals surface area contributed by atoms with Crippen LogP contribution in [0.4, 0.5) is 4.39 Å². The Morgan fingerprint density at radius 3 is 2.67 bits per heavy atom. The number of carbonyl (C=O) groups excluding carboxylic acids is 1. The number of nitrogens with one attached hydrogen (secondary N) is 1. The van der Waals surface area contributed by atoms with Crippen molar-refractivity contribution < 1.29 is 9.18 Å². The fourth-order valence-corrected chi connectivity index (χ4v) is 3.01. The van der Waals surface area contributed by atoms with E-state index in [-0.39, 0.29) is 18.3 Å². The van der Waals surface area contributed by atoms with Gasteiger partial charge in [0.15, 0.2) is 0 Å². The van der Waals surface area contributed by atoms with Crippen LogP contribution in [0, 0.1) is 5.82 Å². The van der Waals surface area contributed by atoms with Crippen LogP contribution in [0.2, 0.25) is 0 Å². The van der Waals surface area contributed by atoms with E-state index in [1.165, 1.54) is 12.1 Å². The molecule has 1 aromatic carbocycles. The summed E-state index contributed by atoms with van der Waals surface area (Å²) in [6.45, 7) is 0.526. The molecular weight excluding hydrogens is 343 g/mol. The van der Waals surface area contributed by atoms with Crippen molar-refractivity contribution in [2.24, 2.45) is 0 Å². The number of benzene rings is 1. The summed E-state index contributed by atoms with van der Waals surface area (Å²) in [4.78, 5) is 21.0. The Hall–Kier alpha value is -3.54. The van der Waals surface area contributed by atoms with E-state index >= 15 is 0 Å². The summed E-state index contributed by atoms with van der Waals surface area (Å²) in [6.07, 6.45) is 5.11. The fourth-order valence-electron chi connectivity index (χ4n) is 3.01. The number of aromatic nitrogens is 3. The van der Waals surface area contributed by atoms with Gasteiger partial charge in [0.2, 0.25) is 5.91 Å². The fraction of sp³-hybridized carbons (Fsp3) is 0.0952. The van der Waals surface area contributed by atoms with E-state index in [0.29, 0.717) is 12.2 Å². The van der Waals surface area contributed by atoms with Gasteiger partial charge in [-0.15, -0.1) is 0 Å². The topological polar surface area (TPSA) is 59.8 Å². The minimum atomic E-state index is -0.297. The van der Waals surface area contributed by atoms with Gasteiger partial charge in [-0.1, -0.05) is 6.07 Å². The molecule has 4 aromatic rings. The summed E-state index contributed by atoms with van der Waals surface area (Å²) in [5, 5.41) is 3.83. The largest absolute Gasteiger partial charge is 0.350 e. The van der Waals surface area contributed by atoms with Gasteiger partial charge in [0.25, 0.3) is 0 Å². The van der Waals surface area contributed by atoms with Gasteiger partial charge in [-0.2, -0.15) is 0 Å². The molecule has 5 nitrogen and oxygen atoms in total. The van der Waals surface area contributed by atoms with E-state index in [1.807, 2.05) is 34.9 Å². The number of carbonyl (C=O) groups is 1. The van der Waals surface area contributed by atoms with Crippen LogP contribution < -0.4 is 5.32 Å². The number of hydrogen-bond acceptors (Lipinski definition) is 3. The van der Waals surface area contributed by atoms with Gasteiger partial charge in [0.1, 0.15) is 18.0 Å². The highest BCUT2D eigenvalue weighted by Gasteiger charge is 2.14. The summed E-state index contributed by atoms with van der Waals surface area (Å²) in [7, 11) is 0. The van der Waals surface area contributed by atoms with Gasteiger partial charge in [0, 0.05) is 30.5 Å². The Bertz CT molecular complexity index is 1070. The third-order valence-corrected chi connectivity index (χ3v) is 4.31. The average Bonchev–Trinajstić information content (AvgIpc) is 3.06. The standard InChI is InChI=1S/C21H17FN4O/c22-18-7-5-16(6-8-18)19-11-17-4-2-10-24-21(17)26(19)14-20(27)25-13-15-3-1-9-23-12-15/h1-12H,13-14H2,(H,25,27). The van der Waals surface area contributed by atoms with Crippen molar-refractivity contribution >= 4 is 16.9 Å². The van der Waals surface area contributed by atoms with Crippen LogP contribution in [0.1, 0.15) is 5.56 Å². The number of pyridine rings is 2. The van der Waals surface area contributed by atoms with E-state index in [4.69, 9.17) is 0 Å². The second-order valence-electron chi connectivity index (χ2n) is 6.18. The molecule has 0 unspecified atom stereocenters. The first-order chi connectivity index (χ1) is 13.2. The predicted octanol–water partition coefficient (Wildman–Crippen LogP) is 3.55. The molecule has 0 spiro atoms. The Labute approximate surface area is 155 Å². The Morgan fingerprint density at radius 2 is 1.89 bits per heavy atom. The van der Waals surface area contributed by atoms with Gasteiger partial charge >= 0.3 is 0 Å². The lowest BCUT2D eigenvalue weighted by atomic mass is 10.1. The van der Waals surface area contributed by atoms with E-state index in [1.54, 1.807) is 30.7 Å². The van der Waals surface area contributed by atoms with Crippen LogP contribution in [-0.2, 0) is 17.9 Å². The monoisotopic (exact) mass is 360 g/mol. The summed E-state index contributed by atoms with van der Waals surface area (Å²) in [5.74, 6) is -0.431. The molecule has 0 aliphatic carbocycles. The highest BCUT2D eigenvalue weighted by Crippen LogP contribution is 2.27. The van der Waals surface area contributed by atoms with Gasteiger partial charge < -0.3 is 9.88 Å². The van der Waals surface area contributed by atoms with E-state index in [9.17, 15) is 9.18 Å². The van der Waals surface area contributed by atoms with Crippen LogP contribution in [0.15, 0.2) is 73.2 Å². The lowest BCUT2D eigenvalue weighted by molar-refractivity contribution is -0.121. The number of fused-ring (bicyclic) bond motifs is 1. The molecule has 0 aliphatic heterocycles. The second-order valence-corrected chi connectivity index (χ2v) is 6.18. The molecule has 4 rings (SSSR count). The average molecular weight is 360 g/mol. The van der Waals surface area contributed by atoms with Crippen LogP contribution in [0.3, 0.4) is 0 Å². The third kappa shape index (κ3) is 3.69. The normalized spacial score (nSPS) is 10.9. The lowest BCUT2D eigenvalue weighted by Gasteiger charge is -2.11. The highest BCUT2D eigenvalue weighted by atomic mass is 19.1. The van der Waals surface area contributed by atoms with Crippen molar-refractivity contribution in [3.8, 4) is 11.3 Å². The molecule has 1 N–H and O–H groups in total. The smallest absolute Gasteiger partial charge is 0.240 e. The lowest BCUT2D eigenvalue weighted by Crippen LogP contribution is -2.27. The summed E-state index contributed by atoms with van der Waals surface area (Å²) < 4.78 is 15.1. The zero-order valence-electron chi connectivity index (χ0n) is 14.5. The van der Waals surface area contributed by atoms with Crippen molar-refractivity contribution in [1.82, 2.24) is 19.9 Å². The maximum atomic E-state index is 13.3. The second kappa shape index (κ2) is 7.37. The quantitative estimate of drug-likeness (QED) is 0.592. The highest BCUT2D eigenvalue weighted by molar-refractivity contribution is 5.87. The molecule has 0 bridgehead atoms. The Balaban J connectivity index is 1.62. The molecule has 0 saturated carbocycles. The van der Waals surface area contributed by atoms with Crippen LogP contribution in [-0.4, -0.2) is 20.4 Å². The first-order valence-corrected chi connectivity index (χ1v) is 8.56. The third-order valence-electron chi connectivity index (χ3n) is 4.31. The van der Waals surface area contributed by atoms with E-state index < -0.39 is 0 Å². The van der Waals surface area contributed by atoms with Crippen molar-refractivity contribution in [2.45, 2.75) is 13.1 Å². The summed E-state index contributed by atoms with van der Waals surface area (Å²) in [6, 6.07) is 15.7. The van der Waals surface area contributed by atoms with Crippen molar-refractivity contribution in [2.75, 3.05) is 0 Å². The number of nitrogens with zero attached hydrogens (tertiary/aromatic N) is 3. The molecule has 0 fully saturated rings. The number of halogens is 1. The van der Waals surface area contributed by atoms with Gasteiger partial charge in [0.05, 0.1) is 5.69 Å². The summed E-state index contributed by atoms with van der Waals surface area (Å²) in [5.41, 5.74) is 3.29. The van der Waals surface area contributed by atoms with Crippen LogP contribution in [0.5, 0.6) is 0 Å². The summed E-state index contributed by atoms with van der Waals surface area (Å²) >= 11 is 0. The van der Waals surface area contributed by atoms with Crippen LogP contribution >= 0.6 is 0 Å². The maximum absolute atomic E-state index is 13.3. The Kier molecular flexibility index (Phi) is 4.61. The molecule has 1 amide bonds. The van der Waals surface area contributed by atoms with Gasteiger partial charge in [-0.05, 0) is 59.7 Å². The van der Waals surface area contributed by atoms with Crippen molar-refractivity contribution in [1.29, 1.82) is 0 Å². The predicted molar refractivity (Wildman–Crippen MR) is 101 cm³/mol. The number of rotatable bonds is 5. The molecule has 3 aromatic heterocycles. The SMILES string of the molecule is O=C(Cn1c(-c2ccc(F)cc2)cc2cccnc21)NCc1cccnc1. The number of amides is 1. The molecule has 0 saturated heterocycles. The van der Waals surface area contributed by atoms with Crippen molar-refractivity contribution in [3.63, 3.8) is 0 Å². The van der Waals surface area contributed by atoms with E-state index in [0.717, 1.165) is 22.2 Å². The van der Waals surface area contributed by atoms with Crippen LogP contribution in [0.25, 0.3) is 22.3 Å². The Morgan fingerprint density at radius 1 is 1.07 bits per heavy atom. The molecule has 6 heteroatoms. The maximum Gasteiger partial charge on any atom is 0.240 e. The zero-order valence-corrected chi connectivity index (χ0v) is 14.5. The van der Waals surface area contributed by atoms with E-state index in [2.05, 4.69) is 15.3 Å². The molecular formula is C21H17FN4O. The molecule has 3 heterocycles. The minimum absolute atomic E-state index is 0.119. The number of hydrogen-bond donors (Lipinski definition) is 1. The molecule has 0 radical (unpaired) electrons. The molecule has 0 atom stereocenters.